The number of nitrogens with zero attached hydrogens (tertiary/aromatic N) is 1. The molecule has 5 heteroatoms. The SMILES string of the molecule is NCC(Sc1nc2ccccc2s1)c1ccccc1Br. The molecule has 3 aromatic rings. The van der Waals surface area contributed by atoms with E-state index >= 15 is 0 Å². The minimum Gasteiger partial charge on any atom is -0.329 e. The van der Waals surface area contributed by atoms with E-state index in [-0.39, 0.29) is 5.25 Å². The lowest BCUT2D eigenvalue weighted by atomic mass is 10.1. The molecule has 3 rings (SSSR count). The van der Waals surface area contributed by atoms with Crippen molar-refractivity contribution >= 4 is 49.2 Å². The van der Waals surface area contributed by atoms with Crippen LogP contribution in [0.5, 0.6) is 0 Å². The maximum Gasteiger partial charge on any atom is 0.151 e. The molecule has 0 aliphatic carbocycles. The summed E-state index contributed by atoms with van der Waals surface area (Å²) in [4.78, 5) is 4.67. The average molecular weight is 365 g/mol. The van der Waals surface area contributed by atoms with Crippen molar-refractivity contribution in [3.8, 4) is 0 Å². The Bertz CT molecular complexity index is 693. The summed E-state index contributed by atoms with van der Waals surface area (Å²) in [7, 11) is 0. The highest BCUT2D eigenvalue weighted by Crippen LogP contribution is 2.40. The van der Waals surface area contributed by atoms with Gasteiger partial charge in [0.2, 0.25) is 0 Å². The molecule has 2 N–H and O–H groups in total. The highest BCUT2D eigenvalue weighted by molar-refractivity contribution is 9.10. The van der Waals surface area contributed by atoms with Crippen LogP contribution in [0, 0.1) is 0 Å². The fourth-order valence-electron chi connectivity index (χ4n) is 2.00. The summed E-state index contributed by atoms with van der Waals surface area (Å²) in [5, 5.41) is 0.214. The number of aromatic nitrogens is 1. The Labute approximate surface area is 134 Å². The van der Waals surface area contributed by atoms with Crippen LogP contribution in [0.1, 0.15) is 10.8 Å². The summed E-state index contributed by atoms with van der Waals surface area (Å²) >= 11 is 7.06. The van der Waals surface area contributed by atoms with Crippen molar-refractivity contribution in [1.82, 2.24) is 4.98 Å². The van der Waals surface area contributed by atoms with E-state index in [1.807, 2.05) is 30.3 Å². The predicted octanol–water partition coefficient (Wildman–Crippen LogP) is 4.85. The van der Waals surface area contributed by atoms with Crippen LogP contribution in [-0.4, -0.2) is 11.5 Å². The number of hydrogen-bond acceptors (Lipinski definition) is 4. The number of halogens is 1. The summed E-state index contributed by atoms with van der Waals surface area (Å²) in [6.45, 7) is 0.587. The van der Waals surface area contributed by atoms with Gasteiger partial charge in [0.1, 0.15) is 0 Å². The van der Waals surface area contributed by atoms with E-state index in [1.54, 1.807) is 23.1 Å². The zero-order valence-electron chi connectivity index (χ0n) is 10.6. The van der Waals surface area contributed by atoms with E-state index in [1.165, 1.54) is 10.3 Å². The molecular formula is C15H13BrN2S2. The fraction of sp³-hybridized carbons (Fsp3) is 0.133. The summed E-state index contributed by atoms with van der Waals surface area (Å²) in [6, 6.07) is 16.4. The number of thioether (sulfide) groups is 1. The van der Waals surface area contributed by atoms with E-state index in [4.69, 9.17) is 5.73 Å². The molecule has 0 aliphatic heterocycles. The Morgan fingerprint density at radius 3 is 2.65 bits per heavy atom. The van der Waals surface area contributed by atoms with Crippen LogP contribution >= 0.6 is 39.0 Å². The Hall–Kier alpha value is -0.880. The second kappa shape index (κ2) is 6.26. The van der Waals surface area contributed by atoms with E-state index < -0.39 is 0 Å². The van der Waals surface area contributed by atoms with Crippen LogP contribution in [0.4, 0.5) is 0 Å². The maximum absolute atomic E-state index is 5.95. The van der Waals surface area contributed by atoms with Crippen LogP contribution in [0.15, 0.2) is 57.3 Å². The van der Waals surface area contributed by atoms with Crippen molar-refractivity contribution in [3.63, 3.8) is 0 Å². The third kappa shape index (κ3) is 2.91. The summed E-state index contributed by atoms with van der Waals surface area (Å²) in [5.74, 6) is 0. The van der Waals surface area contributed by atoms with Gasteiger partial charge in [0.15, 0.2) is 4.34 Å². The van der Waals surface area contributed by atoms with Crippen molar-refractivity contribution in [2.45, 2.75) is 9.59 Å². The maximum atomic E-state index is 5.95. The zero-order chi connectivity index (χ0) is 13.9. The molecule has 0 bridgehead atoms. The first-order valence-corrected chi connectivity index (χ1v) is 8.73. The molecule has 2 aromatic carbocycles. The molecule has 0 saturated heterocycles. The average Bonchev–Trinajstić information content (AvgIpc) is 2.88. The van der Waals surface area contributed by atoms with E-state index in [9.17, 15) is 0 Å². The highest BCUT2D eigenvalue weighted by atomic mass is 79.9. The van der Waals surface area contributed by atoms with Gasteiger partial charge in [0.25, 0.3) is 0 Å². The van der Waals surface area contributed by atoms with Gasteiger partial charge in [-0.05, 0) is 23.8 Å². The zero-order valence-corrected chi connectivity index (χ0v) is 13.8. The Morgan fingerprint density at radius 2 is 1.90 bits per heavy atom. The van der Waals surface area contributed by atoms with Crippen molar-refractivity contribution in [2.75, 3.05) is 6.54 Å². The molecule has 2 nitrogen and oxygen atoms in total. The first kappa shape index (κ1) is 14.1. The van der Waals surface area contributed by atoms with E-state index in [0.29, 0.717) is 6.54 Å². The molecule has 20 heavy (non-hydrogen) atoms. The van der Waals surface area contributed by atoms with Crippen LogP contribution in [0.2, 0.25) is 0 Å². The molecule has 0 saturated carbocycles. The van der Waals surface area contributed by atoms with Crippen LogP contribution in [-0.2, 0) is 0 Å². The van der Waals surface area contributed by atoms with Crippen molar-refractivity contribution in [2.24, 2.45) is 5.73 Å². The molecule has 1 unspecified atom stereocenters. The molecule has 0 amide bonds. The lowest BCUT2D eigenvalue weighted by Gasteiger charge is -2.14. The molecule has 0 fully saturated rings. The molecular weight excluding hydrogens is 352 g/mol. The Morgan fingerprint density at radius 1 is 1.15 bits per heavy atom. The number of rotatable bonds is 4. The molecule has 0 aliphatic rings. The van der Waals surface area contributed by atoms with Crippen molar-refractivity contribution in [1.29, 1.82) is 0 Å². The van der Waals surface area contributed by atoms with Crippen LogP contribution in [0.25, 0.3) is 10.2 Å². The smallest absolute Gasteiger partial charge is 0.151 e. The number of nitrogens with two attached hydrogens (primary N) is 1. The fourth-order valence-corrected chi connectivity index (χ4v) is 5.04. The van der Waals surface area contributed by atoms with Gasteiger partial charge in [-0.1, -0.05) is 58.0 Å². The second-order valence-corrected chi connectivity index (χ2v) is 7.65. The Balaban J connectivity index is 1.90. The first-order valence-electron chi connectivity index (χ1n) is 6.24. The number of benzene rings is 2. The van der Waals surface area contributed by atoms with E-state index in [2.05, 4.69) is 39.1 Å². The second-order valence-electron chi connectivity index (χ2n) is 4.31. The standard InChI is InChI=1S/C15H13BrN2S2/c16-11-6-2-1-5-10(11)14(9-17)20-15-18-12-7-3-4-8-13(12)19-15/h1-8,14H,9,17H2. The lowest BCUT2D eigenvalue weighted by Crippen LogP contribution is -2.09. The quantitative estimate of drug-likeness (QED) is 0.672. The van der Waals surface area contributed by atoms with Gasteiger partial charge in [-0.25, -0.2) is 4.98 Å². The van der Waals surface area contributed by atoms with Gasteiger partial charge in [-0.15, -0.1) is 11.3 Å². The topological polar surface area (TPSA) is 38.9 Å². The molecule has 1 aromatic heterocycles. The normalized spacial score (nSPS) is 12.7. The van der Waals surface area contributed by atoms with E-state index in [0.717, 1.165) is 14.3 Å². The van der Waals surface area contributed by atoms with Gasteiger partial charge in [-0.2, -0.15) is 0 Å². The summed E-state index contributed by atoms with van der Waals surface area (Å²) in [6.07, 6.45) is 0. The van der Waals surface area contributed by atoms with Gasteiger partial charge >= 0.3 is 0 Å². The molecule has 0 radical (unpaired) electrons. The monoisotopic (exact) mass is 364 g/mol. The van der Waals surface area contributed by atoms with Crippen LogP contribution in [0.3, 0.4) is 0 Å². The van der Waals surface area contributed by atoms with Gasteiger partial charge in [0, 0.05) is 11.0 Å². The number of hydrogen-bond donors (Lipinski definition) is 1. The number of thiazole rings is 1. The largest absolute Gasteiger partial charge is 0.329 e. The van der Waals surface area contributed by atoms with Crippen LogP contribution < -0.4 is 5.73 Å². The summed E-state index contributed by atoms with van der Waals surface area (Å²) < 4.78 is 3.39. The molecule has 102 valence electrons. The van der Waals surface area contributed by atoms with Crippen molar-refractivity contribution in [3.05, 3.63) is 58.6 Å². The molecule has 0 spiro atoms. The molecule has 1 heterocycles. The number of fused-ring (bicyclic) bond motifs is 1. The third-order valence-corrected chi connectivity index (χ3v) is 6.10. The van der Waals surface area contributed by atoms with Gasteiger partial charge in [0.05, 0.1) is 15.5 Å². The highest BCUT2D eigenvalue weighted by Gasteiger charge is 2.16. The van der Waals surface area contributed by atoms with Gasteiger partial charge < -0.3 is 5.73 Å². The Kier molecular flexibility index (Phi) is 4.41. The lowest BCUT2D eigenvalue weighted by molar-refractivity contribution is 0.935. The summed E-state index contributed by atoms with van der Waals surface area (Å²) in [5.41, 5.74) is 8.23. The molecule has 1 atom stereocenters. The minimum absolute atomic E-state index is 0.214. The van der Waals surface area contributed by atoms with Crippen molar-refractivity contribution < 1.29 is 0 Å². The predicted molar refractivity (Wildman–Crippen MR) is 91.4 cm³/mol. The van der Waals surface area contributed by atoms with Gasteiger partial charge in [-0.3, -0.25) is 0 Å². The third-order valence-electron chi connectivity index (χ3n) is 2.98. The number of para-hydroxylation sites is 1. The first-order chi connectivity index (χ1) is 9.78. The minimum atomic E-state index is 0.214.